The summed E-state index contributed by atoms with van der Waals surface area (Å²) < 4.78 is 15.9. The van der Waals surface area contributed by atoms with Crippen LogP contribution in [0.2, 0.25) is 0 Å². The van der Waals surface area contributed by atoms with E-state index in [0.29, 0.717) is 6.42 Å². The molecule has 106 valence electrons. The van der Waals surface area contributed by atoms with Crippen molar-refractivity contribution in [2.45, 2.75) is 38.1 Å². The summed E-state index contributed by atoms with van der Waals surface area (Å²) in [6.07, 6.45) is 0.689. The van der Waals surface area contributed by atoms with E-state index in [2.05, 4.69) is 4.90 Å². The monoisotopic (exact) mass is 259 g/mol. The minimum atomic E-state index is -0.693. The molecule has 0 aromatic carbocycles. The Balaban J connectivity index is 2.39. The molecular weight excluding hydrogens is 234 g/mol. The van der Waals surface area contributed by atoms with Gasteiger partial charge in [0.2, 0.25) is 0 Å². The molecule has 0 N–H and O–H groups in total. The molecule has 0 spiro atoms. The lowest BCUT2D eigenvalue weighted by Crippen LogP contribution is -2.36. The van der Waals surface area contributed by atoms with Crippen molar-refractivity contribution in [1.29, 1.82) is 0 Å². The minimum absolute atomic E-state index is 0.0977. The smallest absolute Gasteiger partial charge is 0.165 e. The maximum Gasteiger partial charge on any atom is 0.165 e. The third kappa shape index (κ3) is 3.75. The molecule has 1 heterocycles. The highest BCUT2D eigenvalue weighted by atomic mass is 16.5. The quantitative estimate of drug-likeness (QED) is 0.674. The zero-order chi connectivity index (χ0) is 13.8. The number of carbonyl (C=O) groups is 1. The van der Waals surface area contributed by atoms with E-state index < -0.39 is 5.60 Å². The number of rotatable bonds is 7. The molecule has 1 fully saturated rings. The molecule has 1 aliphatic heterocycles. The molecule has 5 heteroatoms. The van der Waals surface area contributed by atoms with Gasteiger partial charge in [0.15, 0.2) is 5.78 Å². The van der Waals surface area contributed by atoms with Crippen LogP contribution in [0.25, 0.3) is 0 Å². The summed E-state index contributed by atoms with van der Waals surface area (Å²) in [4.78, 5) is 14.1. The molecular formula is C13H25NO4. The van der Waals surface area contributed by atoms with E-state index in [4.69, 9.17) is 14.2 Å². The zero-order valence-electron chi connectivity index (χ0n) is 12.1. The van der Waals surface area contributed by atoms with Gasteiger partial charge in [0.25, 0.3) is 0 Å². The van der Waals surface area contributed by atoms with Crippen molar-refractivity contribution in [3.8, 4) is 0 Å². The van der Waals surface area contributed by atoms with Crippen LogP contribution in [0.5, 0.6) is 0 Å². The summed E-state index contributed by atoms with van der Waals surface area (Å²) in [7, 11) is 4.95. The Labute approximate surface area is 109 Å². The topological polar surface area (TPSA) is 48.0 Å². The van der Waals surface area contributed by atoms with Crippen LogP contribution in [-0.2, 0) is 19.0 Å². The second kappa shape index (κ2) is 6.61. The lowest BCUT2D eigenvalue weighted by atomic mass is 10.0. The van der Waals surface area contributed by atoms with Crippen molar-refractivity contribution in [2.24, 2.45) is 0 Å². The molecule has 0 aromatic rings. The Bertz CT molecular complexity index is 268. The number of ether oxygens (including phenoxy) is 3. The van der Waals surface area contributed by atoms with Crippen molar-refractivity contribution < 1.29 is 19.0 Å². The maximum atomic E-state index is 11.9. The first-order valence-corrected chi connectivity index (χ1v) is 6.31. The molecule has 1 aliphatic rings. The number of hydrogen-bond acceptors (Lipinski definition) is 5. The number of nitrogens with zero attached hydrogens (tertiary/aromatic N) is 1. The molecule has 0 saturated carbocycles. The van der Waals surface area contributed by atoms with Gasteiger partial charge < -0.3 is 14.2 Å². The van der Waals surface area contributed by atoms with Gasteiger partial charge in [-0.05, 0) is 13.8 Å². The standard InChI is InChI=1S/C13H25NO4/c1-13(2,18-5)12(15)6-7-14-8-10(16-3)11(9-14)17-4/h10-11H,6-9H2,1-5H3. The second-order valence-electron chi connectivity index (χ2n) is 5.20. The maximum absolute atomic E-state index is 11.9. The van der Waals surface area contributed by atoms with E-state index in [1.54, 1.807) is 35.2 Å². The fourth-order valence-corrected chi connectivity index (χ4v) is 2.13. The number of Topliss-reactive ketones (excluding diaryl/α,β-unsaturated/α-hetero) is 1. The highest BCUT2D eigenvalue weighted by Gasteiger charge is 2.34. The van der Waals surface area contributed by atoms with Crippen molar-refractivity contribution in [3.05, 3.63) is 0 Å². The highest BCUT2D eigenvalue weighted by molar-refractivity contribution is 5.86. The molecule has 5 nitrogen and oxygen atoms in total. The van der Waals surface area contributed by atoms with E-state index in [1.807, 2.05) is 0 Å². The molecule has 0 aliphatic carbocycles. The normalized spacial score (nSPS) is 25.6. The fraction of sp³-hybridized carbons (Fsp3) is 0.923. The van der Waals surface area contributed by atoms with Crippen LogP contribution in [0.1, 0.15) is 20.3 Å². The Morgan fingerprint density at radius 1 is 1.17 bits per heavy atom. The lowest BCUT2D eigenvalue weighted by molar-refractivity contribution is -0.137. The fourth-order valence-electron chi connectivity index (χ4n) is 2.13. The van der Waals surface area contributed by atoms with Crippen LogP contribution in [0.4, 0.5) is 0 Å². The van der Waals surface area contributed by atoms with Crippen LogP contribution in [0.15, 0.2) is 0 Å². The van der Waals surface area contributed by atoms with Crippen molar-refractivity contribution in [1.82, 2.24) is 4.90 Å². The average molecular weight is 259 g/mol. The number of likely N-dealkylation sites (tertiary alicyclic amines) is 1. The van der Waals surface area contributed by atoms with Crippen LogP contribution in [0, 0.1) is 0 Å². The van der Waals surface area contributed by atoms with E-state index in [9.17, 15) is 4.79 Å². The van der Waals surface area contributed by atoms with E-state index in [-0.39, 0.29) is 18.0 Å². The van der Waals surface area contributed by atoms with Gasteiger partial charge in [0.1, 0.15) is 5.60 Å². The second-order valence-corrected chi connectivity index (χ2v) is 5.20. The molecule has 1 rings (SSSR count). The Morgan fingerprint density at radius 3 is 2.06 bits per heavy atom. The minimum Gasteiger partial charge on any atom is -0.377 e. The number of ketones is 1. The lowest BCUT2D eigenvalue weighted by Gasteiger charge is -2.23. The number of methoxy groups -OCH3 is 3. The third-order valence-corrected chi connectivity index (χ3v) is 3.73. The van der Waals surface area contributed by atoms with Crippen LogP contribution < -0.4 is 0 Å². The molecule has 18 heavy (non-hydrogen) atoms. The molecule has 2 unspecified atom stereocenters. The Hall–Kier alpha value is -0.490. The van der Waals surface area contributed by atoms with Crippen molar-refractivity contribution in [2.75, 3.05) is 41.0 Å². The first-order chi connectivity index (χ1) is 8.44. The van der Waals surface area contributed by atoms with E-state index >= 15 is 0 Å². The number of hydrogen-bond donors (Lipinski definition) is 0. The van der Waals surface area contributed by atoms with Crippen molar-refractivity contribution >= 4 is 5.78 Å². The van der Waals surface area contributed by atoms with Gasteiger partial charge in [-0.3, -0.25) is 9.69 Å². The summed E-state index contributed by atoms with van der Waals surface area (Å²) in [5.41, 5.74) is -0.693. The van der Waals surface area contributed by atoms with Gasteiger partial charge in [-0.25, -0.2) is 0 Å². The third-order valence-electron chi connectivity index (χ3n) is 3.73. The summed E-state index contributed by atoms with van der Waals surface area (Å²) >= 11 is 0. The summed E-state index contributed by atoms with van der Waals surface area (Å²) in [5.74, 6) is 0.125. The molecule has 0 aromatic heterocycles. The highest BCUT2D eigenvalue weighted by Crippen LogP contribution is 2.17. The molecule has 0 bridgehead atoms. The molecule has 2 atom stereocenters. The van der Waals surface area contributed by atoms with Gasteiger partial charge in [-0.1, -0.05) is 0 Å². The molecule has 0 amide bonds. The van der Waals surface area contributed by atoms with Gasteiger partial charge in [-0.15, -0.1) is 0 Å². The van der Waals surface area contributed by atoms with Gasteiger partial charge in [0.05, 0.1) is 12.2 Å². The van der Waals surface area contributed by atoms with E-state index in [0.717, 1.165) is 19.6 Å². The first-order valence-electron chi connectivity index (χ1n) is 6.31. The number of carbonyl (C=O) groups excluding carboxylic acids is 1. The van der Waals surface area contributed by atoms with Crippen LogP contribution in [-0.4, -0.2) is 69.5 Å². The van der Waals surface area contributed by atoms with Crippen LogP contribution in [0.3, 0.4) is 0 Å². The summed E-state index contributed by atoms with van der Waals surface area (Å²) in [6.45, 7) is 5.96. The van der Waals surface area contributed by atoms with Gasteiger partial charge in [0, 0.05) is 47.4 Å². The van der Waals surface area contributed by atoms with Crippen LogP contribution >= 0.6 is 0 Å². The summed E-state index contributed by atoms with van der Waals surface area (Å²) in [6, 6.07) is 0. The van der Waals surface area contributed by atoms with Gasteiger partial charge >= 0.3 is 0 Å². The molecule has 1 saturated heterocycles. The predicted octanol–water partition coefficient (Wildman–Crippen LogP) is 0.716. The van der Waals surface area contributed by atoms with Gasteiger partial charge in [-0.2, -0.15) is 0 Å². The first kappa shape index (κ1) is 15.6. The largest absolute Gasteiger partial charge is 0.377 e. The average Bonchev–Trinajstić information content (AvgIpc) is 2.78. The molecule has 0 radical (unpaired) electrons. The zero-order valence-corrected chi connectivity index (χ0v) is 12.1. The SMILES string of the molecule is COC1CN(CCC(=O)C(C)(C)OC)CC1OC. The summed E-state index contributed by atoms with van der Waals surface area (Å²) in [5, 5.41) is 0. The Morgan fingerprint density at radius 2 is 1.67 bits per heavy atom. The predicted molar refractivity (Wildman–Crippen MR) is 68.7 cm³/mol. The Kier molecular flexibility index (Phi) is 5.72. The van der Waals surface area contributed by atoms with E-state index in [1.165, 1.54) is 0 Å². The van der Waals surface area contributed by atoms with Crippen molar-refractivity contribution in [3.63, 3.8) is 0 Å².